The van der Waals surface area contributed by atoms with Gasteiger partial charge in [-0.25, -0.2) is 0 Å². The van der Waals surface area contributed by atoms with Gasteiger partial charge in [-0.05, 0) is 138 Å². The minimum atomic E-state index is 0.442. The molecule has 2 aliphatic carbocycles. The normalized spacial score (nSPS) is 15.6. The van der Waals surface area contributed by atoms with Crippen molar-refractivity contribution in [3.63, 3.8) is 0 Å². The molecule has 0 saturated heterocycles. The van der Waals surface area contributed by atoms with Gasteiger partial charge in [0.15, 0.2) is 0 Å². The van der Waals surface area contributed by atoms with E-state index in [-0.39, 0.29) is 0 Å². The van der Waals surface area contributed by atoms with Gasteiger partial charge in [0.1, 0.15) is 0 Å². The van der Waals surface area contributed by atoms with E-state index >= 15 is 0 Å². The van der Waals surface area contributed by atoms with Crippen molar-refractivity contribution in [3.05, 3.63) is 155 Å². The van der Waals surface area contributed by atoms with Crippen LogP contribution in [0.1, 0.15) is 175 Å². The van der Waals surface area contributed by atoms with Crippen LogP contribution in [0.25, 0.3) is 66.1 Å². The van der Waals surface area contributed by atoms with Crippen molar-refractivity contribution >= 4 is 21.5 Å². The summed E-state index contributed by atoms with van der Waals surface area (Å²) in [7, 11) is 0. The Kier molecular flexibility index (Phi) is 12.6. The fourth-order valence-corrected chi connectivity index (χ4v) is 11.3. The van der Waals surface area contributed by atoms with E-state index in [1.807, 2.05) is 0 Å². The van der Waals surface area contributed by atoms with Gasteiger partial charge in [-0.15, -0.1) is 0 Å². The Balaban J connectivity index is 1.10. The van der Waals surface area contributed by atoms with Gasteiger partial charge in [0.25, 0.3) is 0 Å². The number of hydrogen-bond donors (Lipinski definition) is 0. The SMILES string of the molecule is CCCCCCCCC1c2cc(C)ccc2-c2c1cc(-c1ccc(-c3cc4c(c5ccccc35)-c3ccc(C(C)CC)cc3C4CCCCCCCC)cc1)c1ccccc21. The standard InChI is InChI=1S/C61H68/c1-6-9-11-13-15-17-23-48-56-37-41(4)29-35-52(56)60-50-27-21-19-25-46(50)54(39-58(48)60)43-30-32-44(33-31-43)55-40-59-49(24-18-16-14-12-10-7-2)57-38-45(42(5)8-3)34-36-53(57)61(59)51-28-22-20-26-47(51)55/h19-22,25-40,42,48-49H,6-18,23-24H2,1-5H3. The molecule has 61 heavy (non-hydrogen) atoms. The van der Waals surface area contributed by atoms with E-state index in [1.165, 1.54) is 185 Å². The monoisotopic (exact) mass is 801 g/mol. The molecule has 0 nitrogen and oxygen atoms in total. The first kappa shape index (κ1) is 41.4. The second-order valence-corrected chi connectivity index (χ2v) is 18.9. The molecular formula is C61H68. The lowest BCUT2D eigenvalue weighted by atomic mass is 9.85. The average molecular weight is 801 g/mol. The highest BCUT2D eigenvalue weighted by atomic mass is 14.4. The maximum Gasteiger partial charge on any atom is 0.0102 e. The molecular weight excluding hydrogens is 733 g/mol. The Morgan fingerprint density at radius 3 is 1.34 bits per heavy atom. The summed E-state index contributed by atoms with van der Waals surface area (Å²) in [5.41, 5.74) is 20.3. The van der Waals surface area contributed by atoms with Gasteiger partial charge in [0.2, 0.25) is 0 Å². The summed E-state index contributed by atoms with van der Waals surface area (Å²) >= 11 is 0. The highest BCUT2D eigenvalue weighted by molar-refractivity contribution is 6.10. The van der Waals surface area contributed by atoms with Gasteiger partial charge in [0, 0.05) is 11.8 Å². The highest BCUT2D eigenvalue weighted by Gasteiger charge is 2.33. The van der Waals surface area contributed by atoms with Crippen molar-refractivity contribution in [3.8, 4) is 44.5 Å². The second-order valence-electron chi connectivity index (χ2n) is 18.9. The predicted molar refractivity (Wildman–Crippen MR) is 266 cm³/mol. The number of benzene rings is 7. The Hall–Kier alpha value is -4.94. The molecule has 3 unspecified atom stereocenters. The quantitative estimate of drug-likeness (QED) is 0.0759. The van der Waals surface area contributed by atoms with Gasteiger partial charge in [0.05, 0.1) is 0 Å². The molecule has 0 heteroatoms. The third-order valence-electron chi connectivity index (χ3n) is 14.9. The highest BCUT2D eigenvalue weighted by Crippen LogP contribution is 2.54. The van der Waals surface area contributed by atoms with E-state index in [0.717, 1.165) is 0 Å². The van der Waals surface area contributed by atoms with Crippen molar-refractivity contribution in [2.45, 2.75) is 149 Å². The topological polar surface area (TPSA) is 0 Å². The van der Waals surface area contributed by atoms with Crippen LogP contribution < -0.4 is 0 Å². The van der Waals surface area contributed by atoms with E-state index in [0.29, 0.717) is 17.8 Å². The molecule has 0 saturated carbocycles. The fraction of sp³-hybridized carbons (Fsp3) is 0.377. The molecule has 0 amide bonds. The predicted octanol–water partition coefficient (Wildman–Crippen LogP) is 18.9. The zero-order valence-electron chi connectivity index (χ0n) is 37.9. The van der Waals surface area contributed by atoms with Crippen LogP contribution >= 0.6 is 0 Å². The minimum absolute atomic E-state index is 0.442. The van der Waals surface area contributed by atoms with Crippen molar-refractivity contribution in [2.24, 2.45) is 0 Å². The number of fused-ring (bicyclic) bond motifs is 10. The zero-order chi connectivity index (χ0) is 41.9. The molecule has 0 N–H and O–H groups in total. The molecule has 3 atom stereocenters. The van der Waals surface area contributed by atoms with Crippen LogP contribution in [0.5, 0.6) is 0 Å². The molecule has 0 heterocycles. The first-order valence-corrected chi connectivity index (χ1v) is 24.5. The van der Waals surface area contributed by atoms with Gasteiger partial charge >= 0.3 is 0 Å². The van der Waals surface area contributed by atoms with Crippen LogP contribution in [-0.4, -0.2) is 0 Å². The molecule has 0 bridgehead atoms. The Labute approximate surface area is 367 Å². The molecule has 7 aromatic carbocycles. The van der Waals surface area contributed by atoms with E-state index in [2.05, 4.69) is 156 Å². The Bertz CT molecular complexity index is 2640. The molecule has 0 radical (unpaired) electrons. The second kappa shape index (κ2) is 18.6. The zero-order valence-corrected chi connectivity index (χ0v) is 37.9. The van der Waals surface area contributed by atoms with Crippen LogP contribution in [0.15, 0.2) is 121 Å². The van der Waals surface area contributed by atoms with Crippen molar-refractivity contribution in [2.75, 3.05) is 0 Å². The van der Waals surface area contributed by atoms with Crippen molar-refractivity contribution < 1.29 is 0 Å². The van der Waals surface area contributed by atoms with Gasteiger partial charge in [-0.2, -0.15) is 0 Å². The first-order chi connectivity index (χ1) is 30.0. The minimum Gasteiger partial charge on any atom is -0.0654 e. The molecule has 9 rings (SSSR count). The Morgan fingerprint density at radius 2 is 0.852 bits per heavy atom. The van der Waals surface area contributed by atoms with Crippen molar-refractivity contribution in [1.29, 1.82) is 0 Å². The largest absolute Gasteiger partial charge is 0.0654 e. The van der Waals surface area contributed by atoms with E-state index in [1.54, 1.807) is 11.1 Å². The summed E-state index contributed by atoms with van der Waals surface area (Å²) in [6.45, 7) is 11.6. The summed E-state index contributed by atoms with van der Waals surface area (Å²) in [6.07, 6.45) is 19.6. The van der Waals surface area contributed by atoms with Crippen LogP contribution in [0.3, 0.4) is 0 Å². The number of unbranched alkanes of at least 4 members (excludes halogenated alkanes) is 10. The molecule has 0 fully saturated rings. The maximum absolute atomic E-state index is 2.61. The Morgan fingerprint density at radius 1 is 0.410 bits per heavy atom. The lowest BCUT2D eigenvalue weighted by Gasteiger charge is -2.18. The molecule has 2 aliphatic rings. The summed E-state index contributed by atoms with van der Waals surface area (Å²) in [5.74, 6) is 1.46. The van der Waals surface area contributed by atoms with E-state index < -0.39 is 0 Å². The molecule has 0 aliphatic heterocycles. The van der Waals surface area contributed by atoms with Gasteiger partial charge in [-0.3, -0.25) is 0 Å². The van der Waals surface area contributed by atoms with Gasteiger partial charge < -0.3 is 0 Å². The number of rotatable bonds is 18. The van der Waals surface area contributed by atoms with Gasteiger partial charge in [-0.1, -0.05) is 220 Å². The third-order valence-corrected chi connectivity index (χ3v) is 14.9. The van der Waals surface area contributed by atoms with Crippen LogP contribution in [0.2, 0.25) is 0 Å². The number of aryl methyl sites for hydroxylation is 1. The lowest BCUT2D eigenvalue weighted by Crippen LogP contribution is -2.00. The average Bonchev–Trinajstić information content (AvgIpc) is 3.78. The van der Waals surface area contributed by atoms with E-state index in [9.17, 15) is 0 Å². The summed E-state index contributed by atoms with van der Waals surface area (Å²) in [6, 6.07) is 48.0. The fourth-order valence-electron chi connectivity index (χ4n) is 11.3. The number of hydrogen-bond acceptors (Lipinski definition) is 0. The summed E-state index contributed by atoms with van der Waals surface area (Å²) in [5, 5.41) is 5.51. The molecule has 0 spiro atoms. The molecule has 312 valence electrons. The van der Waals surface area contributed by atoms with Crippen LogP contribution in [0, 0.1) is 6.92 Å². The van der Waals surface area contributed by atoms with Crippen molar-refractivity contribution in [1.82, 2.24) is 0 Å². The van der Waals surface area contributed by atoms with E-state index in [4.69, 9.17) is 0 Å². The summed E-state index contributed by atoms with van der Waals surface area (Å²) < 4.78 is 0. The lowest BCUT2D eigenvalue weighted by molar-refractivity contribution is 0.571. The third kappa shape index (κ3) is 8.02. The van der Waals surface area contributed by atoms with Crippen LogP contribution in [-0.2, 0) is 0 Å². The smallest absolute Gasteiger partial charge is 0.0102 e. The van der Waals surface area contributed by atoms with Crippen LogP contribution in [0.4, 0.5) is 0 Å². The summed E-state index contributed by atoms with van der Waals surface area (Å²) in [4.78, 5) is 0. The molecule has 7 aromatic rings. The molecule has 0 aromatic heterocycles. The first-order valence-electron chi connectivity index (χ1n) is 24.5. The maximum atomic E-state index is 2.61.